The summed E-state index contributed by atoms with van der Waals surface area (Å²) in [6.07, 6.45) is 7.78. The third kappa shape index (κ3) is 3.07. The molecule has 1 heterocycles. The number of carbonyl (C=O) groups is 1. The first-order valence-electron chi connectivity index (χ1n) is 9.07. The summed E-state index contributed by atoms with van der Waals surface area (Å²) in [5.41, 5.74) is 2.07. The lowest BCUT2D eigenvalue weighted by molar-refractivity contribution is -0.904. The highest BCUT2D eigenvalue weighted by Gasteiger charge is 2.38. The van der Waals surface area contributed by atoms with Gasteiger partial charge in [-0.3, -0.25) is 4.79 Å². The van der Waals surface area contributed by atoms with Crippen LogP contribution in [0, 0.1) is 17.8 Å². The van der Waals surface area contributed by atoms with Crippen LogP contribution in [-0.4, -0.2) is 38.5 Å². The maximum absolute atomic E-state index is 11.4. The molecule has 4 rings (SSSR count). The molecule has 2 aliphatic carbocycles. The second-order valence-corrected chi connectivity index (χ2v) is 7.58. The molecular weight excluding hydrogens is 284 g/mol. The zero-order valence-electron chi connectivity index (χ0n) is 14.0. The minimum atomic E-state index is 0.144. The van der Waals surface area contributed by atoms with Crippen LogP contribution in [0.1, 0.15) is 30.1 Å². The van der Waals surface area contributed by atoms with Crippen LogP contribution in [0.5, 0.6) is 0 Å². The van der Waals surface area contributed by atoms with Crippen LogP contribution in [0.15, 0.2) is 36.4 Å². The van der Waals surface area contributed by atoms with E-state index in [9.17, 15) is 4.79 Å². The van der Waals surface area contributed by atoms with Crippen molar-refractivity contribution in [3.63, 3.8) is 0 Å². The van der Waals surface area contributed by atoms with Crippen molar-refractivity contribution in [1.82, 2.24) is 0 Å². The van der Waals surface area contributed by atoms with Gasteiger partial charge in [0.25, 0.3) is 0 Å². The van der Waals surface area contributed by atoms with Gasteiger partial charge in [-0.25, -0.2) is 0 Å². The second-order valence-electron chi connectivity index (χ2n) is 7.58. The molecule has 122 valence electrons. The zero-order chi connectivity index (χ0) is 15.8. The van der Waals surface area contributed by atoms with Crippen LogP contribution in [0.2, 0.25) is 0 Å². The van der Waals surface area contributed by atoms with Crippen LogP contribution in [0.3, 0.4) is 0 Å². The number of fused-ring (bicyclic) bond motifs is 2. The number of carbonyl (C=O) groups excluding carboxylic acids is 1. The van der Waals surface area contributed by atoms with Gasteiger partial charge in [0.15, 0.2) is 5.78 Å². The van der Waals surface area contributed by atoms with E-state index < -0.39 is 0 Å². The Bertz CT molecular complexity index is 599. The van der Waals surface area contributed by atoms with Gasteiger partial charge in [-0.15, -0.1) is 0 Å². The van der Waals surface area contributed by atoms with Crippen molar-refractivity contribution < 1.29 is 9.69 Å². The number of ketones is 1. The summed E-state index contributed by atoms with van der Waals surface area (Å²) in [4.78, 5) is 15.6. The quantitative estimate of drug-likeness (QED) is 0.677. The predicted molar refractivity (Wildman–Crippen MR) is 93.1 cm³/mol. The van der Waals surface area contributed by atoms with E-state index >= 15 is 0 Å². The number of anilines is 1. The van der Waals surface area contributed by atoms with Crippen molar-refractivity contribution >= 4 is 11.5 Å². The largest absolute Gasteiger partial charge is 0.360 e. The Balaban J connectivity index is 1.30. The van der Waals surface area contributed by atoms with Crippen molar-refractivity contribution in [2.75, 3.05) is 37.6 Å². The van der Waals surface area contributed by atoms with E-state index in [4.69, 9.17) is 0 Å². The number of piperazine rings is 1. The van der Waals surface area contributed by atoms with Crippen LogP contribution in [0.25, 0.3) is 0 Å². The first kappa shape index (κ1) is 14.9. The second kappa shape index (κ2) is 6.12. The molecule has 0 radical (unpaired) electrons. The highest BCUT2D eigenvalue weighted by Crippen LogP contribution is 2.42. The summed E-state index contributed by atoms with van der Waals surface area (Å²) in [5.74, 6) is 2.85. The van der Waals surface area contributed by atoms with E-state index in [0.717, 1.165) is 36.4 Å². The Morgan fingerprint density at radius 2 is 1.87 bits per heavy atom. The maximum atomic E-state index is 11.4. The lowest BCUT2D eigenvalue weighted by atomic mass is 9.93. The Labute approximate surface area is 139 Å². The molecular formula is C20H27N2O+. The van der Waals surface area contributed by atoms with Gasteiger partial charge in [-0.05, 0) is 55.9 Å². The highest BCUT2D eigenvalue weighted by molar-refractivity contribution is 5.94. The number of Topliss-reactive ketones (excluding diaryl/α,β-unsaturated/α-hetero) is 1. The normalized spacial score (nSPS) is 30.1. The molecule has 3 heteroatoms. The smallest absolute Gasteiger partial charge is 0.159 e. The molecule has 3 aliphatic rings. The number of quaternary nitrogens is 1. The van der Waals surface area contributed by atoms with Crippen LogP contribution in [-0.2, 0) is 0 Å². The molecule has 3 nitrogen and oxygen atoms in total. The summed E-state index contributed by atoms with van der Waals surface area (Å²) < 4.78 is 0. The molecule has 0 aromatic heterocycles. The lowest BCUT2D eigenvalue weighted by Crippen LogP contribution is -3.15. The maximum Gasteiger partial charge on any atom is 0.159 e. The van der Waals surface area contributed by atoms with Crippen molar-refractivity contribution in [1.29, 1.82) is 0 Å². The van der Waals surface area contributed by atoms with E-state index in [-0.39, 0.29) is 5.78 Å². The van der Waals surface area contributed by atoms with E-state index in [1.54, 1.807) is 11.8 Å². The van der Waals surface area contributed by atoms with Crippen LogP contribution >= 0.6 is 0 Å². The minimum absolute atomic E-state index is 0.144. The summed E-state index contributed by atoms with van der Waals surface area (Å²) in [6, 6.07) is 8.11. The fraction of sp³-hybridized carbons (Fsp3) is 0.550. The molecule has 1 aromatic carbocycles. The molecule has 1 saturated heterocycles. The lowest BCUT2D eigenvalue weighted by Gasteiger charge is -2.35. The number of benzene rings is 1. The summed E-state index contributed by atoms with van der Waals surface area (Å²) in [6.45, 7) is 7.74. The zero-order valence-corrected chi connectivity index (χ0v) is 14.0. The van der Waals surface area contributed by atoms with Crippen molar-refractivity contribution in [2.45, 2.75) is 19.8 Å². The Kier molecular flexibility index (Phi) is 3.98. The van der Waals surface area contributed by atoms with Gasteiger partial charge in [-0.1, -0.05) is 12.2 Å². The number of nitrogens with one attached hydrogen (secondary N) is 1. The first-order chi connectivity index (χ1) is 11.2. The Morgan fingerprint density at radius 3 is 2.43 bits per heavy atom. The summed E-state index contributed by atoms with van der Waals surface area (Å²) in [7, 11) is 0. The first-order valence-corrected chi connectivity index (χ1v) is 9.07. The predicted octanol–water partition coefficient (Wildman–Crippen LogP) is 1.81. The minimum Gasteiger partial charge on any atom is -0.360 e. The number of hydrogen-bond donors (Lipinski definition) is 1. The molecule has 0 amide bonds. The van der Waals surface area contributed by atoms with Gasteiger partial charge in [0.1, 0.15) is 0 Å². The summed E-state index contributed by atoms with van der Waals surface area (Å²) in [5, 5.41) is 0. The third-order valence-corrected chi connectivity index (χ3v) is 6.08. The number of nitrogens with zero attached hydrogens (tertiary/aromatic N) is 1. The van der Waals surface area contributed by atoms with Gasteiger partial charge in [-0.2, -0.15) is 0 Å². The van der Waals surface area contributed by atoms with E-state index in [1.807, 2.05) is 12.1 Å². The van der Waals surface area contributed by atoms with Gasteiger partial charge in [0, 0.05) is 17.2 Å². The molecule has 1 saturated carbocycles. The Hall–Kier alpha value is -1.61. The number of allylic oxidation sites excluding steroid dienone is 2. The van der Waals surface area contributed by atoms with Crippen molar-refractivity contribution in [2.24, 2.45) is 17.8 Å². The van der Waals surface area contributed by atoms with Crippen molar-refractivity contribution in [3.05, 3.63) is 42.0 Å². The molecule has 3 atom stereocenters. The highest BCUT2D eigenvalue weighted by atomic mass is 16.1. The van der Waals surface area contributed by atoms with Gasteiger partial charge >= 0.3 is 0 Å². The topological polar surface area (TPSA) is 24.8 Å². The average Bonchev–Trinajstić information content (AvgIpc) is 3.18. The van der Waals surface area contributed by atoms with E-state index in [1.165, 1.54) is 38.2 Å². The molecule has 1 aromatic rings. The fourth-order valence-corrected chi connectivity index (χ4v) is 4.69. The van der Waals surface area contributed by atoms with Crippen LogP contribution < -0.4 is 9.80 Å². The monoisotopic (exact) mass is 311 g/mol. The third-order valence-electron chi connectivity index (χ3n) is 6.08. The Morgan fingerprint density at radius 1 is 1.13 bits per heavy atom. The van der Waals surface area contributed by atoms with E-state index in [2.05, 4.69) is 29.2 Å². The van der Waals surface area contributed by atoms with Crippen molar-refractivity contribution in [3.8, 4) is 0 Å². The van der Waals surface area contributed by atoms with Crippen LogP contribution in [0.4, 0.5) is 5.69 Å². The molecule has 2 fully saturated rings. The average molecular weight is 311 g/mol. The fourth-order valence-electron chi connectivity index (χ4n) is 4.69. The number of rotatable bonds is 4. The molecule has 1 N–H and O–H groups in total. The standard InChI is InChI=1S/C20H26N2O/c1-15(23)17-4-6-20(7-5-17)22-10-8-21(9-11-22)14-19-13-16-2-3-18(19)12-16/h2-7,16,18-19H,8-14H2,1H3/p+1/t16-,18+,19+/m1/s1. The molecule has 0 spiro atoms. The van der Waals surface area contributed by atoms with Gasteiger partial charge < -0.3 is 9.80 Å². The molecule has 23 heavy (non-hydrogen) atoms. The molecule has 2 bridgehead atoms. The SMILES string of the molecule is CC(=O)c1ccc(N2CC[NH+](C[C@@H]3C[C@@H]4C=C[C@H]3C4)CC2)cc1. The van der Waals surface area contributed by atoms with Gasteiger partial charge in [0.05, 0.1) is 32.7 Å². The molecule has 1 aliphatic heterocycles. The molecule has 0 unspecified atom stereocenters. The summed E-state index contributed by atoms with van der Waals surface area (Å²) >= 11 is 0. The number of hydrogen-bond acceptors (Lipinski definition) is 2. The van der Waals surface area contributed by atoms with E-state index in [0.29, 0.717) is 0 Å². The van der Waals surface area contributed by atoms with Gasteiger partial charge in [0.2, 0.25) is 0 Å².